The SMILES string of the molecule is ClC/C=C/CN=P(c1ccccc1)(c1ccccc1)c1ccccc1. The van der Waals surface area contributed by atoms with Crippen molar-refractivity contribution in [3.8, 4) is 0 Å². The van der Waals surface area contributed by atoms with E-state index in [0.717, 1.165) is 0 Å². The molecule has 0 aliphatic rings. The zero-order chi connectivity index (χ0) is 17.4. The lowest BCUT2D eigenvalue weighted by Crippen LogP contribution is -2.25. The molecule has 0 heterocycles. The molecule has 3 heteroatoms. The molecule has 3 rings (SSSR count). The quantitative estimate of drug-likeness (QED) is 0.332. The maximum Gasteiger partial charge on any atom is 0.0567 e. The summed E-state index contributed by atoms with van der Waals surface area (Å²) in [5.41, 5.74) is 0. The van der Waals surface area contributed by atoms with Gasteiger partial charge in [-0.2, -0.15) is 0 Å². The Hall–Kier alpha value is -2.08. The molecule has 0 aromatic heterocycles. The minimum atomic E-state index is -2.06. The Morgan fingerprint density at radius 1 is 0.640 bits per heavy atom. The second kappa shape index (κ2) is 8.85. The maximum atomic E-state index is 5.78. The summed E-state index contributed by atoms with van der Waals surface area (Å²) in [7, 11) is -2.06. The molecule has 1 nitrogen and oxygen atoms in total. The summed E-state index contributed by atoms with van der Waals surface area (Å²) in [5.74, 6) is 0.517. The van der Waals surface area contributed by atoms with Crippen molar-refractivity contribution in [3.63, 3.8) is 0 Å². The molecule has 0 fully saturated rings. The van der Waals surface area contributed by atoms with E-state index in [-0.39, 0.29) is 0 Å². The predicted molar refractivity (Wildman–Crippen MR) is 112 cm³/mol. The monoisotopic (exact) mass is 365 g/mol. The van der Waals surface area contributed by atoms with E-state index in [4.69, 9.17) is 16.3 Å². The highest BCUT2D eigenvalue weighted by atomic mass is 35.5. The minimum absolute atomic E-state index is 0.517. The number of halogens is 1. The summed E-state index contributed by atoms with van der Waals surface area (Å²) in [4.78, 5) is 0. The first kappa shape index (κ1) is 17.7. The van der Waals surface area contributed by atoms with E-state index < -0.39 is 7.05 Å². The average Bonchev–Trinajstić information content (AvgIpc) is 2.70. The number of alkyl halides is 1. The minimum Gasteiger partial charge on any atom is -0.286 e. The van der Waals surface area contributed by atoms with Gasteiger partial charge in [0.25, 0.3) is 0 Å². The highest BCUT2D eigenvalue weighted by Gasteiger charge is 2.26. The summed E-state index contributed by atoms with van der Waals surface area (Å²) < 4.78 is 5.27. The third-order valence-corrected chi connectivity index (χ3v) is 7.95. The molecule has 0 spiro atoms. The molecule has 0 aliphatic carbocycles. The van der Waals surface area contributed by atoms with Crippen LogP contribution in [0, 0.1) is 0 Å². The highest BCUT2D eigenvalue weighted by Crippen LogP contribution is 2.46. The summed E-state index contributed by atoms with van der Waals surface area (Å²) >= 11 is 5.78. The largest absolute Gasteiger partial charge is 0.286 e. The summed E-state index contributed by atoms with van der Waals surface area (Å²) in [5, 5.41) is 3.81. The van der Waals surface area contributed by atoms with E-state index in [0.29, 0.717) is 12.4 Å². The van der Waals surface area contributed by atoms with Crippen LogP contribution in [0.25, 0.3) is 0 Å². The Morgan fingerprint density at radius 2 is 1.04 bits per heavy atom. The van der Waals surface area contributed by atoms with Crippen molar-refractivity contribution in [2.24, 2.45) is 4.74 Å². The lowest BCUT2D eigenvalue weighted by molar-refractivity contribution is 1.27. The molecule has 0 unspecified atom stereocenters. The molecule has 0 bridgehead atoms. The van der Waals surface area contributed by atoms with Gasteiger partial charge >= 0.3 is 0 Å². The zero-order valence-corrected chi connectivity index (χ0v) is 15.7. The van der Waals surface area contributed by atoms with Crippen LogP contribution in [0.1, 0.15) is 0 Å². The molecule has 0 aliphatic heterocycles. The molecule has 0 atom stereocenters. The van der Waals surface area contributed by atoms with Gasteiger partial charge in [0.2, 0.25) is 0 Å². The van der Waals surface area contributed by atoms with Crippen LogP contribution in [0.2, 0.25) is 0 Å². The smallest absolute Gasteiger partial charge is 0.0567 e. The van der Waals surface area contributed by atoms with Gasteiger partial charge < -0.3 is 0 Å². The molecule has 0 N–H and O–H groups in total. The maximum absolute atomic E-state index is 5.78. The van der Waals surface area contributed by atoms with Crippen LogP contribution in [-0.2, 0) is 0 Å². The van der Waals surface area contributed by atoms with Gasteiger partial charge in [-0.1, -0.05) is 103 Å². The fourth-order valence-corrected chi connectivity index (χ4v) is 6.59. The third-order valence-electron chi connectivity index (χ3n) is 4.04. The number of benzene rings is 3. The Bertz CT molecular complexity index is 755. The molecule has 0 saturated heterocycles. The average molecular weight is 366 g/mol. The van der Waals surface area contributed by atoms with Gasteiger partial charge in [-0.05, 0) is 0 Å². The lowest BCUT2D eigenvalue weighted by atomic mass is 10.4. The molecular formula is C22H21ClNP. The number of hydrogen-bond acceptors (Lipinski definition) is 1. The first-order valence-corrected chi connectivity index (χ1v) is 10.6. The molecule has 0 amide bonds. The second-order valence-corrected chi connectivity index (χ2v) is 9.00. The van der Waals surface area contributed by atoms with E-state index in [2.05, 4.69) is 97.1 Å². The highest BCUT2D eigenvalue weighted by molar-refractivity contribution is 7.87. The van der Waals surface area contributed by atoms with Gasteiger partial charge in [0.15, 0.2) is 0 Å². The van der Waals surface area contributed by atoms with Crippen LogP contribution >= 0.6 is 18.7 Å². The number of allylic oxidation sites excluding steroid dienone is 1. The summed E-state index contributed by atoms with van der Waals surface area (Å²) in [6.45, 7) is 0.652. The first-order chi connectivity index (χ1) is 12.4. The first-order valence-electron chi connectivity index (χ1n) is 8.34. The van der Waals surface area contributed by atoms with Gasteiger partial charge in [0.1, 0.15) is 0 Å². The van der Waals surface area contributed by atoms with E-state index in [1.165, 1.54) is 15.9 Å². The number of nitrogens with zero attached hydrogens (tertiary/aromatic N) is 1. The van der Waals surface area contributed by atoms with E-state index in [1.807, 2.05) is 6.08 Å². The fraction of sp³-hybridized carbons (Fsp3) is 0.0909. The lowest BCUT2D eigenvalue weighted by Gasteiger charge is -2.26. The van der Waals surface area contributed by atoms with E-state index >= 15 is 0 Å². The van der Waals surface area contributed by atoms with Crippen molar-refractivity contribution in [3.05, 3.63) is 103 Å². The van der Waals surface area contributed by atoms with Crippen molar-refractivity contribution in [1.29, 1.82) is 0 Å². The topological polar surface area (TPSA) is 12.4 Å². The number of rotatable bonds is 6. The Kier molecular flexibility index (Phi) is 6.28. The molecule has 3 aromatic carbocycles. The van der Waals surface area contributed by atoms with Gasteiger partial charge in [0.05, 0.1) is 13.6 Å². The van der Waals surface area contributed by atoms with Crippen LogP contribution in [0.15, 0.2) is 108 Å². The van der Waals surface area contributed by atoms with Crippen molar-refractivity contribution in [2.75, 3.05) is 12.4 Å². The number of hydrogen-bond donors (Lipinski definition) is 0. The Labute approximate surface area is 155 Å². The van der Waals surface area contributed by atoms with Crippen molar-refractivity contribution < 1.29 is 0 Å². The van der Waals surface area contributed by atoms with E-state index in [9.17, 15) is 0 Å². The molecule has 0 saturated carbocycles. The zero-order valence-electron chi connectivity index (χ0n) is 14.0. The summed E-state index contributed by atoms with van der Waals surface area (Å²) in [6, 6.07) is 31.9. The van der Waals surface area contributed by atoms with Gasteiger partial charge in [-0.15, -0.1) is 11.6 Å². The molecule has 126 valence electrons. The predicted octanol–water partition coefficient (Wildman–Crippen LogP) is 4.96. The van der Waals surface area contributed by atoms with Crippen LogP contribution < -0.4 is 15.9 Å². The van der Waals surface area contributed by atoms with Gasteiger partial charge in [0, 0.05) is 21.8 Å². The fourth-order valence-electron chi connectivity index (χ4n) is 2.93. The molecule has 25 heavy (non-hydrogen) atoms. The van der Waals surface area contributed by atoms with Crippen LogP contribution in [-0.4, -0.2) is 12.4 Å². The van der Waals surface area contributed by atoms with Crippen LogP contribution in [0.3, 0.4) is 0 Å². The Balaban J connectivity index is 2.30. The van der Waals surface area contributed by atoms with Crippen molar-refractivity contribution in [1.82, 2.24) is 0 Å². The second-order valence-electron chi connectivity index (χ2n) is 5.59. The van der Waals surface area contributed by atoms with Gasteiger partial charge in [-0.25, -0.2) is 0 Å². The molecule has 3 aromatic rings. The Morgan fingerprint density at radius 3 is 1.40 bits per heavy atom. The van der Waals surface area contributed by atoms with Crippen LogP contribution in [0.5, 0.6) is 0 Å². The van der Waals surface area contributed by atoms with Crippen molar-refractivity contribution in [2.45, 2.75) is 0 Å². The molecule has 0 radical (unpaired) electrons. The molecular weight excluding hydrogens is 345 g/mol. The standard InChI is InChI=1S/C22H21ClNP/c23-18-10-11-19-24-25(20-12-4-1-5-13-20,21-14-6-2-7-15-21)22-16-8-3-9-17-22/h1-17H,18-19H2/b11-10+. The van der Waals surface area contributed by atoms with Crippen LogP contribution in [0.4, 0.5) is 0 Å². The third kappa shape index (κ3) is 3.95. The van der Waals surface area contributed by atoms with Crippen molar-refractivity contribution >= 4 is 34.6 Å². The summed E-state index contributed by atoms with van der Waals surface area (Å²) in [6.07, 6.45) is 4.01. The van der Waals surface area contributed by atoms with E-state index in [1.54, 1.807) is 0 Å². The van der Waals surface area contributed by atoms with Gasteiger partial charge in [-0.3, -0.25) is 4.74 Å². The normalized spacial score (nSPS) is 11.6.